The quantitative estimate of drug-likeness (QED) is 0.619. The zero-order valence-corrected chi connectivity index (χ0v) is 15.2. The van der Waals surface area contributed by atoms with Gasteiger partial charge in [-0.3, -0.25) is 9.59 Å². The molecule has 9 heteroatoms. The zero-order chi connectivity index (χ0) is 20.5. The number of alkyl halides is 3. The first kappa shape index (κ1) is 19.6. The lowest BCUT2D eigenvalue weighted by molar-refractivity contribution is -0.143. The minimum Gasteiger partial charge on any atom is -0.322 e. The number of carbonyl (C=O) groups is 2. The van der Waals surface area contributed by atoms with Gasteiger partial charge in [-0.1, -0.05) is 11.6 Å². The lowest BCUT2D eigenvalue weighted by atomic mass is 10.1. The van der Waals surface area contributed by atoms with Crippen LogP contribution >= 0.6 is 11.6 Å². The van der Waals surface area contributed by atoms with Crippen molar-refractivity contribution in [1.29, 1.82) is 0 Å². The van der Waals surface area contributed by atoms with Gasteiger partial charge in [0.1, 0.15) is 0 Å². The van der Waals surface area contributed by atoms with Gasteiger partial charge in [0.15, 0.2) is 11.5 Å². The lowest BCUT2D eigenvalue weighted by Gasteiger charge is -2.13. The number of rotatable bonds is 4. The van der Waals surface area contributed by atoms with E-state index in [9.17, 15) is 22.8 Å². The number of nitrogens with zero attached hydrogens (tertiary/aromatic N) is 2. The normalized spacial score (nSPS) is 11.3. The molecular weight excluding hydrogens is 395 g/mol. The second-order valence-electron chi connectivity index (χ2n) is 5.88. The third kappa shape index (κ3) is 4.07. The number of anilines is 1. The molecular formula is C19H13ClF3N3O2. The first-order valence-electron chi connectivity index (χ1n) is 8.00. The minimum atomic E-state index is -4.82. The molecule has 1 heterocycles. The van der Waals surface area contributed by atoms with Gasteiger partial charge in [0, 0.05) is 16.3 Å². The van der Waals surface area contributed by atoms with Crippen molar-refractivity contribution < 1.29 is 22.8 Å². The summed E-state index contributed by atoms with van der Waals surface area (Å²) in [4.78, 5) is 23.7. The van der Waals surface area contributed by atoms with Crippen molar-refractivity contribution in [3.63, 3.8) is 0 Å². The van der Waals surface area contributed by atoms with Crippen LogP contribution in [-0.4, -0.2) is 21.5 Å². The third-order valence-corrected chi connectivity index (χ3v) is 4.15. The van der Waals surface area contributed by atoms with Gasteiger partial charge in [-0.05, 0) is 55.5 Å². The summed E-state index contributed by atoms with van der Waals surface area (Å²) < 4.78 is 41.6. The number of nitrogens with one attached hydrogen (secondary N) is 1. The molecule has 0 fully saturated rings. The topological polar surface area (TPSA) is 64.0 Å². The van der Waals surface area contributed by atoms with Gasteiger partial charge in [-0.15, -0.1) is 0 Å². The fourth-order valence-corrected chi connectivity index (χ4v) is 2.68. The summed E-state index contributed by atoms with van der Waals surface area (Å²) >= 11 is 5.77. The monoisotopic (exact) mass is 407 g/mol. The first-order chi connectivity index (χ1) is 13.2. The zero-order valence-electron chi connectivity index (χ0n) is 14.4. The van der Waals surface area contributed by atoms with E-state index in [0.29, 0.717) is 15.3 Å². The van der Waals surface area contributed by atoms with E-state index < -0.39 is 23.3 Å². The molecule has 0 radical (unpaired) electrons. The number of hydrogen-bond acceptors (Lipinski definition) is 3. The number of hydrogen-bond donors (Lipinski definition) is 1. The van der Waals surface area contributed by atoms with Gasteiger partial charge < -0.3 is 5.32 Å². The Morgan fingerprint density at radius 1 is 1.04 bits per heavy atom. The van der Waals surface area contributed by atoms with Crippen molar-refractivity contribution in [2.75, 3.05) is 5.32 Å². The number of benzene rings is 2. The van der Waals surface area contributed by atoms with Gasteiger partial charge >= 0.3 is 6.18 Å². The van der Waals surface area contributed by atoms with Gasteiger partial charge in [-0.2, -0.15) is 18.3 Å². The molecule has 1 aromatic heterocycles. The largest absolute Gasteiger partial charge is 0.434 e. The Balaban J connectivity index is 1.96. The highest BCUT2D eigenvalue weighted by Crippen LogP contribution is 2.34. The van der Waals surface area contributed by atoms with Crippen molar-refractivity contribution in [3.8, 4) is 5.69 Å². The Kier molecular flexibility index (Phi) is 5.24. The fraction of sp³-hybridized carbons (Fsp3) is 0.105. The first-order valence-corrected chi connectivity index (χ1v) is 8.38. The van der Waals surface area contributed by atoms with Crippen LogP contribution in [-0.2, 0) is 6.18 Å². The molecule has 0 bridgehead atoms. The van der Waals surface area contributed by atoms with E-state index in [0.717, 1.165) is 6.20 Å². The number of halogens is 4. The van der Waals surface area contributed by atoms with Crippen LogP contribution < -0.4 is 5.32 Å². The smallest absolute Gasteiger partial charge is 0.322 e. The Morgan fingerprint density at radius 2 is 1.64 bits per heavy atom. The molecule has 28 heavy (non-hydrogen) atoms. The Bertz CT molecular complexity index is 1030. The standard InChI is InChI=1S/C19H13ClF3N3O2/c1-11(27)12-2-6-14(7-3-12)25-18(28)16-10-24-26(17(16)19(21,22)23)15-8-4-13(20)5-9-15/h2-10H,1H3,(H,25,28). The SMILES string of the molecule is CC(=O)c1ccc(NC(=O)c2cnn(-c3ccc(Cl)cc3)c2C(F)(F)F)cc1. The average molecular weight is 408 g/mol. The highest BCUT2D eigenvalue weighted by Gasteiger charge is 2.40. The number of carbonyl (C=O) groups excluding carboxylic acids is 2. The van der Waals surface area contributed by atoms with Gasteiger partial charge in [0.25, 0.3) is 5.91 Å². The van der Waals surface area contributed by atoms with E-state index in [1.54, 1.807) is 0 Å². The lowest BCUT2D eigenvalue weighted by Crippen LogP contribution is -2.20. The summed E-state index contributed by atoms with van der Waals surface area (Å²) in [6.45, 7) is 1.38. The van der Waals surface area contributed by atoms with E-state index in [1.165, 1.54) is 55.5 Å². The van der Waals surface area contributed by atoms with Crippen LogP contribution in [0.2, 0.25) is 5.02 Å². The van der Waals surface area contributed by atoms with Crippen LogP contribution in [0.1, 0.15) is 33.3 Å². The summed E-state index contributed by atoms with van der Waals surface area (Å²) in [5.74, 6) is -1.13. The molecule has 1 N–H and O–H groups in total. The molecule has 0 aliphatic rings. The molecule has 5 nitrogen and oxygen atoms in total. The molecule has 2 aromatic carbocycles. The van der Waals surface area contributed by atoms with Crippen molar-refractivity contribution in [2.24, 2.45) is 0 Å². The summed E-state index contributed by atoms with van der Waals surface area (Å²) in [6, 6.07) is 11.4. The van der Waals surface area contributed by atoms with Crippen molar-refractivity contribution in [3.05, 3.63) is 76.6 Å². The van der Waals surface area contributed by atoms with Crippen LogP contribution in [0.3, 0.4) is 0 Å². The van der Waals surface area contributed by atoms with E-state index in [4.69, 9.17) is 11.6 Å². The van der Waals surface area contributed by atoms with Crippen LogP contribution in [0.5, 0.6) is 0 Å². The van der Waals surface area contributed by atoms with Crippen LogP contribution in [0.4, 0.5) is 18.9 Å². The fourth-order valence-electron chi connectivity index (χ4n) is 2.55. The molecule has 0 saturated carbocycles. The maximum Gasteiger partial charge on any atom is 0.434 e. The Hall–Kier alpha value is -3.13. The predicted octanol–water partition coefficient (Wildman–Crippen LogP) is 5.00. The van der Waals surface area contributed by atoms with E-state index >= 15 is 0 Å². The summed E-state index contributed by atoms with van der Waals surface area (Å²) in [7, 11) is 0. The van der Waals surface area contributed by atoms with Gasteiger partial charge in [-0.25, -0.2) is 4.68 Å². The van der Waals surface area contributed by atoms with E-state index in [-0.39, 0.29) is 17.2 Å². The third-order valence-electron chi connectivity index (χ3n) is 3.90. The Morgan fingerprint density at radius 3 is 2.18 bits per heavy atom. The number of amides is 1. The number of aromatic nitrogens is 2. The molecule has 0 aliphatic carbocycles. The molecule has 0 unspecified atom stereocenters. The highest BCUT2D eigenvalue weighted by atomic mass is 35.5. The minimum absolute atomic E-state index is 0.113. The summed E-state index contributed by atoms with van der Waals surface area (Å²) in [6.07, 6.45) is -3.96. The molecule has 0 aliphatic heterocycles. The molecule has 0 saturated heterocycles. The molecule has 0 spiro atoms. The van der Waals surface area contributed by atoms with Crippen molar-refractivity contribution in [2.45, 2.75) is 13.1 Å². The van der Waals surface area contributed by atoms with Crippen molar-refractivity contribution >= 4 is 29.0 Å². The van der Waals surface area contributed by atoms with Crippen LogP contribution in [0.15, 0.2) is 54.7 Å². The van der Waals surface area contributed by atoms with Crippen LogP contribution in [0, 0.1) is 0 Å². The molecule has 144 valence electrons. The Labute approximate surface area is 162 Å². The predicted molar refractivity (Wildman–Crippen MR) is 98.0 cm³/mol. The molecule has 1 amide bonds. The maximum absolute atomic E-state index is 13.6. The van der Waals surface area contributed by atoms with Crippen molar-refractivity contribution in [1.82, 2.24) is 9.78 Å². The molecule has 0 atom stereocenters. The number of ketones is 1. The molecule has 3 aromatic rings. The van der Waals surface area contributed by atoms with Gasteiger partial charge in [0.05, 0.1) is 17.4 Å². The van der Waals surface area contributed by atoms with Gasteiger partial charge in [0.2, 0.25) is 0 Å². The summed E-state index contributed by atoms with van der Waals surface area (Å²) in [5, 5.41) is 6.47. The van der Waals surface area contributed by atoms with E-state index in [1.807, 2.05) is 0 Å². The number of Topliss-reactive ketones (excluding diaryl/α,β-unsaturated/α-hetero) is 1. The second kappa shape index (κ2) is 7.47. The van der Waals surface area contributed by atoms with Crippen LogP contribution in [0.25, 0.3) is 5.69 Å². The highest BCUT2D eigenvalue weighted by molar-refractivity contribution is 6.30. The maximum atomic E-state index is 13.6. The second-order valence-corrected chi connectivity index (χ2v) is 6.32. The molecule has 3 rings (SSSR count). The average Bonchev–Trinajstić information content (AvgIpc) is 3.08. The summed E-state index contributed by atoms with van der Waals surface area (Å²) in [5.41, 5.74) is -1.04. The van der Waals surface area contributed by atoms with E-state index in [2.05, 4.69) is 10.4 Å².